The highest BCUT2D eigenvalue weighted by molar-refractivity contribution is 7.80. The standard InChI is InChI=1S/C25H31N9O10S2/c1-25(2)19(22(36)34(25)44-46(39,40)41)28-21(35)18(20-29-24(27)45-31-20)30-43-17(23(37)38)13-42-16-7-5-14(6-8-16)15-11-32(3)33(12-15)10-4-9-26/h5-8,11-12,17,19H,4,9-10,13,26H2,1-3H3,(H4-,27,28,29,31,35,37,38,39,40,41)/p+1/b30-18-/t17-,19+/m0/s1. The van der Waals surface area contributed by atoms with E-state index in [9.17, 15) is 27.9 Å². The molecule has 0 bridgehead atoms. The Hall–Kier alpha value is -4.70. The first-order valence-electron chi connectivity index (χ1n) is 13.5. The first-order valence-corrected chi connectivity index (χ1v) is 15.6. The van der Waals surface area contributed by atoms with Crippen LogP contribution in [0.4, 0.5) is 5.13 Å². The summed E-state index contributed by atoms with van der Waals surface area (Å²) in [5, 5.41) is 16.0. The molecule has 0 spiro atoms. The number of nitrogens with one attached hydrogen (secondary N) is 1. The summed E-state index contributed by atoms with van der Waals surface area (Å²) >= 11 is 0.711. The fourth-order valence-electron chi connectivity index (χ4n) is 4.30. The molecule has 1 saturated heterocycles. The molecule has 0 saturated carbocycles. The van der Waals surface area contributed by atoms with Gasteiger partial charge in [0.15, 0.2) is 12.2 Å². The summed E-state index contributed by atoms with van der Waals surface area (Å²) in [5.74, 6) is -3.56. The highest BCUT2D eigenvalue weighted by Gasteiger charge is 2.58. The van der Waals surface area contributed by atoms with Crippen LogP contribution in [0.15, 0.2) is 41.8 Å². The molecule has 3 heterocycles. The van der Waals surface area contributed by atoms with E-state index < -0.39 is 58.2 Å². The highest BCUT2D eigenvalue weighted by atomic mass is 32.3. The normalized spacial score (nSPS) is 16.9. The number of β-lactam (4-membered cyclic amide) rings is 1. The molecule has 46 heavy (non-hydrogen) atoms. The molecule has 4 rings (SSSR count). The summed E-state index contributed by atoms with van der Waals surface area (Å²) in [6, 6.07) is 5.57. The van der Waals surface area contributed by atoms with Gasteiger partial charge in [0.25, 0.3) is 17.9 Å². The van der Waals surface area contributed by atoms with Gasteiger partial charge in [-0.3, -0.25) is 14.1 Å². The quantitative estimate of drug-likeness (QED) is 0.0417. The van der Waals surface area contributed by atoms with Crippen LogP contribution >= 0.6 is 11.5 Å². The molecule has 1 aliphatic heterocycles. The summed E-state index contributed by atoms with van der Waals surface area (Å²) < 4.78 is 48.8. The summed E-state index contributed by atoms with van der Waals surface area (Å²) in [7, 11) is -3.10. The highest BCUT2D eigenvalue weighted by Crippen LogP contribution is 2.33. The van der Waals surface area contributed by atoms with E-state index in [1.807, 2.05) is 28.8 Å². The number of benzene rings is 1. The predicted octanol–water partition coefficient (Wildman–Crippen LogP) is -1.14. The van der Waals surface area contributed by atoms with Crippen LogP contribution in [0, 0.1) is 0 Å². The van der Waals surface area contributed by atoms with Gasteiger partial charge >= 0.3 is 16.4 Å². The number of carbonyl (C=O) groups excluding carboxylic acids is 2. The number of oxime groups is 1. The molecule has 3 aromatic rings. The topological polar surface area (TPSA) is 268 Å². The smallest absolute Gasteiger partial charge is 0.418 e. The molecule has 0 aliphatic carbocycles. The molecular weight excluding hydrogens is 650 g/mol. The molecule has 0 radical (unpaired) electrons. The van der Waals surface area contributed by atoms with Gasteiger partial charge in [0.2, 0.25) is 17.7 Å². The van der Waals surface area contributed by atoms with Gasteiger partial charge in [0.1, 0.15) is 18.4 Å². The fraction of sp³-hybridized carbons (Fsp3) is 0.400. The average molecular weight is 683 g/mol. The number of nitrogen functional groups attached to an aromatic ring is 1. The number of hydroxylamine groups is 2. The number of nitrogens with two attached hydrogens (primary N) is 2. The number of carboxylic acid groups (broad SMARTS) is 1. The van der Waals surface area contributed by atoms with Gasteiger partial charge in [0.05, 0.1) is 23.8 Å². The van der Waals surface area contributed by atoms with Crippen LogP contribution in [0.25, 0.3) is 11.1 Å². The van der Waals surface area contributed by atoms with Crippen molar-refractivity contribution in [2.75, 3.05) is 18.9 Å². The summed E-state index contributed by atoms with van der Waals surface area (Å²) in [6.45, 7) is 3.53. The number of amides is 2. The van der Waals surface area contributed by atoms with Crippen molar-refractivity contribution in [3.63, 3.8) is 0 Å². The first kappa shape index (κ1) is 34.2. The molecule has 2 aromatic heterocycles. The van der Waals surface area contributed by atoms with E-state index in [1.54, 1.807) is 24.3 Å². The third-order valence-corrected chi connectivity index (χ3v) is 7.62. The minimum absolute atomic E-state index is 0.0503. The molecule has 1 fully saturated rings. The predicted molar refractivity (Wildman–Crippen MR) is 159 cm³/mol. The van der Waals surface area contributed by atoms with E-state index in [4.69, 9.17) is 25.6 Å². The number of aliphatic carboxylic acids is 1. The number of aromatic nitrogens is 4. The maximum Gasteiger partial charge on any atom is 0.418 e. The number of carboxylic acids is 1. The zero-order valence-corrected chi connectivity index (χ0v) is 26.4. The molecule has 248 valence electrons. The number of hydrogen-bond acceptors (Lipinski definition) is 14. The zero-order chi connectivity index (χ0) is 33.8. The van der Waals surface area contributed by atoms with Gasteiger partial charge in [-0.25, -0.2) is 4.79 Å². The molecule has 2 amide bonds. The molecular formula is C25H32N9O10S2+. The van der Waals surface area contributed by atoms with Gasteiger partial charge in [-0.05, 0) is 44.5 Å². The zero-order valence-electron chi connectivity index (χ0n) is 24.8. The number of aryl methyl sites for hydroxylation is 2. The fourth-order valence-corrected chi connectivity index (χ4v) is 5.19. The Morgan fingerprint density at radius 3 is 2.52 bits per heavy atom. The minimum atomic E-state index is -5.02. The minimum Gasteiger partial charge on any atom is -0.489 e. The lowest BCUT2D eigenvalue weighted by Crippen LogP contribution is -2.76. The van der Waals surface area contributed by atoms with Crippen LogP contribution in [-0.2, 0) is 47.5 Å². The van der Waals surface area contributed by atoms with Gasteiger partial charge < -0.3 is 31.5 Å². The van der Waals surface area contributed by atoms with Gasteiger partial charge in [-0.1, -0.05) is 17.3 Å². The molecule has 1 aliphatic rings. The SMILES string of the molecule is C[n+]1cc(-c2ccc(OC[C@H](O/N=C(\C(=O)N[C@@H]3C(=O)N(OS(=O)(=O)O)C3(C)C)c3nsc(N)n3)C(=O)O)cc2)cn1CCCN. The number of rotatable bonds is 15. The second-order valence-corrected chi connectivity index (χ2v) is 12.2. The van der Waals surface area contributed by atoms with Crippen molar-refractivity contribution in [1.29, 1.82) is 0 Å². The van der Waals surface area contributed by atoms with Crippen molar-refractivity contribution in [3.05, 3.63) is 42.5 Å². The lowest BCUT2D eigenvalue weighted by Gasteiger charge is -2.50. The number of carbonyl (C=O) groups is 3. The number of anilines is 1. The third kappa shape index (κ3) is 7.92. The molecule has 0 unspecified atom stereocenters. The summed E-state index contributed by atoms with van der Waals surface area (Å²) in [6.07, 6.45) is 3.08. The summed E-state index contributed by atoms with van der Waals surface area (Å²) in [4.78, 5) is 46.6. The number of nitrogens with zero attached hydrogens (tertiary/aromatic N) is 6. The Kier molecular flexibility index (Phi) is 10.2. The maximum absolute atomic E-state index is 13.2. The van der Waals surface area contributed by atoms with Crippen molar-refractivity contribution < 1.29 is 51.0 Å². The van der Waals surface area contributed by atoms with E-state index in [0.29, 0.717) is 28.9 Å². The largest absolute Gasteiger partial charge is 0.489 e. The van der Waals surface area contributed by atoms with Crippen LogP contribution < -0.4 is 26.2 Å². The van der Waals surface area contributed by atoms with Crippen LogP contribution in [0.5, 0.6) is 5.75 Å². The Morgan fingerprint density at radius 1 is 1.26 bits per heavy atom. The van der Waals surface area contributed by atoms with Crippen LogP contribution in [0.3, 0.4) is 0 Å². The van der Waals surface area contributed by atoms with E-state index >= 15 is 0 Å². The Bertz CT molecular complexity index is 1740. The average Bonchev–Trinajstić information content (AvgIpc) is 3.59. The van der Waals surface area contributed by atoms with E-state index in [1.165, 1.54) is 13.8 Å². The number of hydrogen-bond donors (Lipinski definition) is 5. The Labute approximate surface area is 266 Å². The molecule has 1 aromatic carbocycles. The van der Waals surface area contributed by atoms with E-state index in [2.05, 4.69) is 24.1 Å². The Balaban J connectivity index is 1.44. The van der Waals surface area contributed by atoms with E-state index in [0.717, 1.165) is 24.1 Å². The van der Waals surface area contributed by atoms with Crippen LogP contribution in [-0.4, -0.2) is 91.5 Å². The monoisotopic (exact) mass is 682 g/mol. The second kappa shape index (κ2) is 13.7. The van der Waals surface area contributed by atoms with Gasteiger partial charge in [-0.15, -0.1) is 8.97 Å². The second-order valence-electron chi connectivity index (χ2n) is 10.5. The van der Waals surface area contributed by atoms with Crippen molar-refractivity contribution in [3.8, 4) is 16.9 Å². The maximum atomic E-state index is 13.2. The van der Waals surface area contributed by atoms with Crippen molar-refractivity contribution in [1.82, 2.24) is 24.4 Å². The van der Waals surface area contributed by atoms with Crippen LogP contribution in [0.1, 0.15) is 26.1 Å². The van der Waals surface area contributed by atoms with Crippen LogP contribution in [0.2, 0.25) is 0 Å². The van der Waals surface area contributed by atoms with Gasteiger partial charge in [0, 0.05) is 11.5 Å². The molecule has 19 nitrogen and oxygen atoms in total. The van der Waals surface area contributed by atoms with Gasteiger partial charge in [-0.2, -0.15) is 27.5 Å². The van der Waals surface area contributed by atoms with Crippen molar-refractivity contribution in [2.24, 2.45) is 17.9 Å². The third-order valence-electron chi connectivity index (χ3n) is 6.74. The molecule has 7 N–H and O–H groups in total. The number of ether oxygens (including phenoxy) is 1. The molecule has 21 heteroatoms. The van der Waals surface area contributed by atoms with E-state index in [-0.39, 0.29) is 11.0 Å². The summed E-state index contributed by atoms with van der Waals surface area (Å²) in [5.41, 5.74) is 11.0. The first-order chi connectivity index (χ1) is 21.6. The van der Waals surface area contributed by atoms with Crippen molar-refractivity contribution in [2.45, 2.75) is 44.5 Å². The lowest BCUT2D eigenvalue weighted by atomic mass is 9.84. The van der Waals surface area contributed by atoms with Crippen molar-refractivity contribution >= 4 is 50.6 Å². The Morgan fingerprint density at radius 2 is 1.96 bits per heavy atom. The molecule has 2 atom stereocenters. The lowest BCUT2D eigenvalue weighted by molar-refractivity contribution is -0.753.